The Hall–Kier alpha value is -3.21. The average molecular weight is 358 g/mol. The third-order valence-corrected chi connectivity index (χ3v) is 4.82. The van der Waals surface area contributed by atoms with Crippen molar-refractivity contribution in [3.05, 3.63) is 77.2 Å². The number of hydrogen-bond donors (Lipinski definition) is 1. The second-order valence-corrected chi connectivity index (χ2v) is 6.70. The molecule has 0 aliphatic carbocycles. The van der Waals surface area contributed by atoms with Crippen LogP contribution in [0.1, 0.15) is 34.4 Å². The van der Waals surface area contributed by atoms with E-state index < -0.39 is 0 Å². The highest BCUT2D eigenvalue weighted by Crippen LogP contribution is 2.29. The van der Waals surface area contributed by atoms with Gasteiger partial charge in [-0.25, -0.2) is 9.97 Å². The van der Waals surface area contributed by atoms with Gasteiger partial charge in [-0.3, -0.25) is 4.79 Å². The number of aryl methyl sites for hydroxylation is 2. The quantitative estimate of drug-likeness (QED) is 0.756. The van der Waals surface area contributed by atoms with Gasteiger partial charge in [0.2, 0.25) is 0 Å². The Kier molecular flexibility index (Phi) is 4.59. The Morgan fingerprint density at radius 1 is 1.11 bits per heavy atom. The molecule has 0 unspecified atom stereocenters. The first-order valence-electron chi connectivity index (χ1n) is 9.25. The predicted molar refractivity (Wildman–Crippen MR) is 108 cm³/mol. The lowest BCUT2D eigenvalue weighted by Gasteiger charge is -2.17. The summed E-state index contributed by atoms with van der Waals surface area (Å²) in [6.07, 6.45) is 1.88. The van der Waals surface area contributed by atoms with Gasteiger partial charge in [-0.2, -0.15) is 0 Å². The lowest BCUT2D eigenvalue weighted by atomic mass is 10.1. The Bertz CT molecular complexity index is 982. The standard InChI is InChI=1S/C22H22N4O/c1-3-16-8-10-18(11-9-16)25-21-14-19(23-15(2)24-21)22(27)26-13-12-17-6-4-5-7-20(17)26/h4-11,14H,3,12-13H2,1-2H3,(H,23,24,25). The van der Waals surface area contributed by atoms with Crippen LogP contribution in [-0.4, -0.2) is 22.4 Å². The molecular formula is C22H22N4O. The fraction of sp³-hybridized carbons (Fsp3) is 0.227. The summed E-state index contributed by atoms with van der Waals surface area (Å²) in [5, 5.41) is 3.28. The van der Waals surface area contributed by atoms with Gasteiger partial charge in [-0.15, -0.1) is 0 Å². The molecule has 0 radical (unpaired) electrons. The number of amides is 1. The van der Waals surface area contributed by atoms with E-state index in [9.17, 15) is 4.79 Å². The molecule has 1 aliphatic rings. The van der Waals surface area contributed by atoms with Crippen molar-refractivity contribution in [2.24, 2.45) is 0 Å². The van der Waals surface area contributed by atoms with E-state index >= 15 is 0 Å². The Labute approximate surface area is 159 Å². The van der Waals surface area contributed by atoms with Crippen molar-refractivity contribution in [1.29, 1.82) is 0 Å². The molecule has 1 N–H and O–H groups in total. The lowest BCUT2D eigenvalue weighted by molar-refractivity contribution is 0.0984. The number of nitrogens with one attached hydrogen (secondary N) is 1. The third-order valence-electron chi connectivity index (χ3n) is 4.82. The molecule has 0 atom stereocenters. The zero-order valence-electron chi connectivity index (χ0n) is 15.6. The maximum atomic E-state index is 13.1. The SMILES string of the molecule is CCc1ccc(Nc2cc(C(=O)N3CCc4ccccc43)nc(C)n2)cc1. The van der Waals surface area contributed by atoms with Crippen LogP contribution in [0, 0.1) is 6.92 Å². The van der Waals surface area contributed by atoms with E-state index in [0.29, 0.717) is 23.9 Å². The lowest BCUT2D eigenvalue weighted by Crippen LogP contribution is -2.30. The summed E-state index contributed by atoms with van der Waals surface area (Å²) >= 11 is 0. The number of para-hydroxylation sites is 1. The number of anilines is 3. The molecule has 136 valence electrons. The number of aromatic nitrogens is 2. The first kappa shape index (κ1) is 17.2. The van der Waals surface area contributed by atoms with Crippen LogP contribution in [-0.2, 0) is 12.8 Å². The highest BCUT2D eigenvalue weighted by molar-refractivity contribution is 6.06. The first-order valence-corrected chi connectivity index (χ1v) is 9.25. The van der Waals surface area contributed by atoms with Crippen LogP contribution < -0.4 is 10.2 Å². The van der Waals surface area contributed by atoms with Gasteiger partial charge >= 0.3 is 0 Å². The molecule has 1 aromatic heterocycles. The molecule has 27 heavy (non-hydrogen) atoms. The molecular weight excluding hydrogens is 336 g/mol. The molecule has 1 aliphatic heterocycles. The fourth-order valence-electron chi connectivity index (χ4n) is 3.40. The van der Waals surface area contributed by atoms with Crippen LogP contribution in [0.25, 0.3) is 0 Å². The number of rotatable bonds is 4. The van der Waals surface area contributed by atoms with Crippen LogP contribution in [0.2, 0.25) is 0 Å². The molecule has 2 aromatic carbocycles. The Balaban J connectivity index is 1.59. The van der Waals surface area contributed by atoms with Crippen molar-refractivity contribution >= 4 is 23.1 Å². The van der Waals surface area contributed by atoms with Crippen molar-refractivity contribution in [2.45, 2.75) is 26.7 Å². The minimum absolute atomic E-state index is 0.0881. The zero-order valence-corrected chi connectivity index (χ0v) is 15.6. The van der Waals surface area contributed by atoms with Crippen LogP contribution in [0.4, 0.5) is 17.2 Å². The van der Waals surface area contributed by atoms with Gasteiger partial charge in [0, 0.05) is 24.0 Å². The second-order valence-electron chi connectivity index (χ2n) is 6.70. The number of carbonyl (C=O) groups is 1. The summed E-state index contributed by atoms with van der Waals surface area (Å²) in [5.41, 5.74) is 4.81. The summed E-state index contributed by atoms with van der Waals surface area (Å²) < 4.78 is 0. The zero-order chi connectivity index (χ0) is 18.8. The van der Waals surface area contributed by atoms with Gasteiger partial charge in [0.1, 0.15) is 17.3 Å². The summed E-state index contributed by atoms with van der Waals surface area (Å²) in [4.78, 5) is 23.7. The van der Waals surface area contributed by atoms with Crippen molar-refractivity contribution < 1.29 is 4.79 Å². The summed E-state index contributed by atoms with van der Waals surface area (Å²) in [6, 6.07) is 18.0. The highest BCUT2D eigenvalue weighted by Gasteiger charge is 2.26. The van der Waals surface area contributed by atoms with Gasteiger partial charge in [-0.05, 0) is 49.1 Å². The smallest absolute Gasteiger partial charge is 0.277 e. The van der Waals surface area contributed by atoms with E-state index in [1.807, 2.05) is 30.3 Å². The van der Waals surface area contributed by atoms with E-state index in [1.165, 1.54) is 11.1 Å². The van der Waals surface area contributed by atoms with Gasteiger partial charge in [0.05, 0.1) is 0 Å². The monoisotopic (exact) mass is 358 g/mol. The van der Waals surface area contributed by atoms with Crippen molar-refractivity contribution in [3.8, 4) is 0 Å². The van der Waals surface area contributed by atoms with E-state index in [-0.39, 0.29) is 5.91 Å². The van der Waals surface area contributed by atoms with E-state index in [0.717, 1.165) is 24.2 Å². The van der Waals surface area contributed by atoms with Gasteiger partial charge in [-0.1, -0.05) is 37.3 Å². The van der Waals surface area contributed by atoms with E-state index in [1.54, 1.807) is 17.9 Å². The van der Waals surface area contributed by atoms with Crippen LogP contribution in [0.5, 0.6) is 0 Å². The molecule has 5 heteroatoms. The summed E-state index contributed by atoms with van der Waals surface area (Å²) in [5.74, 6) is 1.11. The maximum absolute atomic E-state index is 13.1. The molecule has 1 amide bonds. The molecule has 4 rings (SSSR count). The number of nitrogens with zero attached hydrogens (tertiary/aromatic N) is 3. The van der Waals surface area contributed by atoms with Crippen LogP contribution in [0.15, 0.2) is 54.6 Å². The Morgan fingerprint density at radius 3 is 2.67 bits per heavy atom. The number of carbonyl (C=O) groups excluding carboxylic acids is 1. The molecule has 0 bridgehead atoms. The molecule has 5 nitrogen and oxygen atoms in total. The first-order chi connectivity index (χ1) is 13.1. The molecule has 3 aromatic rings. The average Bonchev–Trinajstić information content (AvgIpc) is 3.11. The largest absolute Gasteiger partial charge is 0.340 e. The van der Waals surface area contributed by atoms with Crippen molar-refractivity contribution in [1.82, 2.24) is 9.97 Å². The maximum Gasteiger partial charge on any atom is 0.277 e. The molecule has 0 fully saturated rings. The van der Waals surface area contributed by atoms with Crippen LogP contribution in [0.3, 0.4) is 0 Å². The van der Waals surface area contributed by atoms with E-state index in [2.05, 4.69) is 40.4 Å². The topological polar surface area (TPSA) is 58.1 Å². The summed E-state index contributed by atoms with van der Waals surface area (Å²) in [7, 11) is 0. The minimum Gasteiger partial charge on any atom is -0.340 e. The Morgan fingerprint density at radius 2 is 1.89 bits per heavy atom. The number of fused-ring (bicyclic) bond motifs is 1. The molecule has 2 heterocycles. The van der Waals surface area contributed by atoms with Gasteiger partial charge in [0.15, 0.2) is 0 Å². The molecule has 0 saturated carbocycles. The molecule has 0 saturated heterocycles. The van der Waals surface area contributed by atoms with Gasteiger partial charge < -0.3 is 10.2 Å². The number of benzene rings is 2. The normalized spacial score (nSPS) is 12.7. The van der Waals surface area contributed by atoms with Crippen LogP contribution >= 0.6 is 0 Å². The van der Waals surface area contributed by atoms with Crippen molar-refractivity contribution in [3.63, 3.8) is 0 Å². The van der Waals surface area contributed by atoms with Crippen molar-refractivity contribution in [2.75, 3.05) is 16.8 Å². The van der Waals surface area contributed by atoms with E-state index in [4.69, 9.17) is 0 Å². The highest BCUT2D eigenvalue weighted by atomic mass is 16.2. The second kappa shape index (κ2) is 7.19. The predicted octanol–water partition coefficient (Wildman–Crippen LogP) is 4.29. The summed E-state index contributed by atoms with van der Waals surface area (Å²) in [6.45, 7) is 4.62. The minimum atomic E-state index is -0.0881. The number of hydrogen-bond acceptors (Lipinski definition) is 4. The van der Waals surface area contributed by atoms with Gasteiger partial charge in [0.25, 0.3) is 5.91 Å². The third kappa shape index (κ3) is 3.53. The fourth-order valence-corrected chi connectivity index (χ4v) is 3.40. The molecule has 0 spiro atoms.